The average molecular weight is 357 g/mol. The molecule has 1 aromatic rings. The van der Waals surface area contributed by atoms with Gasteiger partial charge in [0.1, 0.15) is 11.5 Å². The minimum absolute atomic E-state index is 0.0569. The Morgan fingerprint density at radius 2 is 1.79 bits per heavy atom. The Balaban J connectivity index is 1.90. The molecule has 0 aliphatic carbocycles. The van der Waals surface area contributed by atoms with Crippen LogP contribution in [0.25, 0.3) is 0 Å². The third kappa shape index (κ3) is 4.85. The van der Waals surface area contributed by atoms with E-state index in [-0.39, 0.29) is 17.1 Å². The summed E-state index contributed by atoms with van der Waals surface area (Å²) < 4.78 is 37.7. The third-order valence-electron chi connectivity index (χ3n) is 3.52. The first-order valence-corrected chi connectivity index (χ1v) is 9.05. The Labute approximate surface area is 140 Å². The van der Waals surface area contributed by atoms with Gasteiger partial charge in [0.05, 0.1) is 31.3 Å². The Hall–Kier alpha value is -2.29. The van der Waals surface area contributed by atoms with Crippen molar-refractivity contribution in [2.45, 2.75) is 12.5 Å². The lowest BCUT2D eigenvalue weighted by molar-refractivity contribution is -0.124. The van der Waals surface area contributed by atoms with Gasteiger partial charge in [-0.2, -0.15) is 0 Å². The number of ether oxygens (including phenoxy) is 3. The molecule has 1 aliphatic heterocycles. The molecule has 0 radical (unpaired) electrons. The Morgan fingerprint density at radius 3 is 2.29 bits per heavy atom. The summed E-state index contributed by atoms with van der Waals surface area (Å²) in [7, 11) is -0.178. The van der Waals surface area contributed by atoms with Crippen molar-refractivity contribution in [1.82, 2.24) is 5.32 Å². The van der Waals surface area contributed by atoms with Crippen LogP contribution in [-0.4, -0.2) is 58.7 Å². The van der Waals surface area contributed by atoms with Crippen LogP contribution in [0.1, 0.15) is 16.8 Å². The van der Waals surface area contributed by atoms with E-state index in [9.17, 15) is 18.0 Å². The number of benzene rings is 1. The van der Waals surface area contributed by atoms with Gasteiger partial charge in [-0.05, 0) is 18.6 Å². The monoisotopic (exact) mass is 357 g/mol. The zero-order valence-electron chi connectivity index (χ0n) is 13.4. The molecule has 0 spiro atoms. The van der Waals surface area contributed by atoms with Crippen molar-refractivity contribution in [2.24, 2.45) is 0 Å². The number of hydrogen-bond donors (Lipinski definition) is 1. The standard InChI is InChI=1S/C15H19NO7S/c1-21-12-5-10(6-13(7-12)22-2)15(18)23-8-14(17)16-11-3-4-24(19,20)9-11/h5-7,11H,3-4,8-9H2,1-2H3,(H,16,17). The second-order valence-corrected chi connectivity index (χ2v) is 7.57. The van der Waals surface area contributed by atoms with Crippen molar-refractivity contribution in [1.29, 1.82) is 0 Å². The lowest BCUT2D eigenvalue weighted by Crippen LogP contribution is -2.38. The Morgan fingerprint density at radius 1 is 1.17 bits per heavy atom. The average Bonchev–Trinajstić information content (AvgIpc) is 2.90. The van der Waals surface area contributed by atoms with Crippen LogP contribution < -0.4 is 14.8 Å². The van der Waals surface area contributed by atoms with Crippen molar-refractivity contribution in [3.05, 3.63) is 23.8 Å². The van der Waals surface area contributed by atoms with Gasteiger partial charge in [-0.3, -0.25) is 4.79 Å². The molecule has 1 aromatic carbocycles. The molecule has 24 heavy (non-hydrogen) atoms. The molecule has 1 atom stereocenters. The summed E-state index contributed by atoms with van der Waals surface area (Å²) in [5.41, 5.74) is 0.183. The molecule has 1 fully saturated rings. The SMILES string of the molecule is COc1cc(OC)cc(C(=O)OCC(=O)NC2CCS(=O)(=O)C2)c1. The molecular weight excluding hydrogens is 338 g/mol. The number of carbonyl (C=O) groups excluding carboxylic acids is 2. The molecule has 1 saturated heterocycles. The maximum atomic E-state index is 12.0. The van der Waals surface area contributed by atoms with Crippen LogP contribution in [-0.2, 0) is 19.4 Å². The van der Waals surface area contributed by atoms with Gasteiger partial charge in [-0.25, -0.2) is 13.2 Å². The largest absolute Gasteiger partial charge is 0.497 e. The molecule has 0 saturated carbocycles. The molecule has 1 amide bonds. The molecule has 0 bridgehead atoms. The van der Waals surface area contributed by atoms with E-state index in [2.05, 4.69) is 5.32 Å². The van der Waals surface area contributed by atoms with E-state index in [0.717, 1.165) is 0 Å². The first kappa shape index (κ1) is 18.1. The molecule has 1 aliphatic rings. The lowest BCUT2D eigenvalue weighted by atomic mass is 10.2. The lowest BCUT2D eigenvalue weighted by Gasteiger charge is -2.11. The molecule has 132 valence electrons. The third-order valence-corrected chi connectivity index (χ3v) is 5.29. The van der Waals surface area contributed by atoms with Crippen molar-refractivity contribution < 1.29 is 32.2 Å². The molecule has 1 N–H and O–H groups in total. The highest BCUT2D eigenvalue weighted by molar-refractivity contribution is 7.91. The summed E-state index contributed by atoms with van der Waals surface area (Å²) in [4.78, 5) is 23.8. The van der Waals surface area contributed by atoms with Crippen molar-refractivity contribution >= 4 is 21.7 Å². The second kappa shape index (κ2) is 7.52. The number of nitrogens with one attached hydrogen (secondary N) is 1. The predicted molar refractivity (Wildman–Crippen MR) is 85.0 cm³/mol. The number of hydrogen-bond acceptors (Lipinski definition) is 7. The van der Waals surface area contributed by atoms with Crippen molar-refractivity contribution in [3.8, 4) is 11.5 Å². The number of esters is 1. The van der Waals surface area contributed by atoms with Crippen LogP contribution in [0, 0.1) is 0 Å². The van der Waals surface area contributed by atoms with Gasteiger partial charge < -0.3 is 19.5 Å². The van der Waals surface area contributed by atoms with Gasteiger partial charge in [-0.1, -0.05) is 0 Å². The van der Waals surface area contributed by atoms with E-state index in [1.54, 1.807) is 6.07 Å². The van der Waals surface area contributed by atoms with Crippen molar-refractivity contribution in [3.63, 3.8) is 0 Å². The van der Waals surface area contributed by atoms with Gasteiger partial charge in [0.15, 0.2) is 16.4 Å². The highest BCUT2D eigenvalue weighted by atomic mass is 32.2. The van der Waals surface area contributed by atoms with E-state index in [0.29, 0.717) is 17.9 Å². The fraction of sp³-hybridized carbons (Fsp3) is 0.467. The number of carbonyl (C=O) groups is 2. The Kier molecular flexibility index (Phi) is 5.66. The molecule has 0 aromatic heterocycles. The smallest absolute Gasteiger partial charge is 0.338 e. The minimum atomic E-state index is -3.08. The Bertz CT molecular complexity index is 707. The van der Waals surface area contributed by atoms with Crippen LogP contribution in [0.5, 0.6) is 11.5 Å². The first-order valence-electron chi connectivity index (χ1n) is 7.23. The van der Waals surface area contributed by atoms with Gasteiger partial charge in [0.2, 0.25) is 0 Å². The number of amides is 1. The summed E-state index contributed by atoms with van der Waals surface area (Å²) in [5, 5.41) is 2.54. The quantitative estimate of drug-likeness (QED) is 0.723. The van der Waals surface area contributed by atoms with E-state index < -0.39 is 34.4 Å². The summed E-state index contributed by atoms with van der Waals surface area (Å²) >= 11 is 0. The van der Waals surface area contributed by atoms with Gasteiger partial charge >= 0.3 is 5.97 Å². The molecule has 9 heteroatoms. The summed E-state index contributed by atoms with van der Waals surface area (Å²) in [6.45, 7) is -0.491. The van der Waals surface area contributed by atoms with E-state index in [4.69, 9.17) is 14.2 Å². The number of rotatable bonds is 6. The van der Waals surface area contributed by atoms with Crippen LogP contribution in [0.15, 0.2) is 18.2 Å². The van der Waals surface area contributed by atoms with E-state index >= 15 is 0 Å². The molecular formula is C15H19NO7S. The summed E-state index contributed by atoms with van der Waals surface area (Å²) in [5.74, 6) is -0.438. The van der Waals surface area contributed by atoms with Crippen molar-refractivity contribution in [2.75, 3.05) is 32.3 Å². The van der Waals surface area contributed by atoms with Gasteiger partial charge in [0, 0.05) is 12.1 Å². The van der Waals surface area contributed by atoms with Crippen LogP contribution in [0.3, 0.4) is 0 Å². The van der Waals surface area contributed by atoms with Crippen LogP contribution in [0.4, 0.5) is 0 Å². The first-order chi connectivity index (χ1) is 11.3. The molecule has 8 nitrogen and oxygen atoms in total. The zero-order valence-corrected chi connectivity index (χ0v) is 14.2. The highest BCUT2D eigenvalue weighted by Crippen LogP contribution is 2.23. The summed E-state index contributed by atoms with van der Waals surface area (Å²) in [6, 6.07) is 4.10. The molecule has 1 heterocycles. The summed E-state index contributed by atoms with van der Waals surface area (Å²) in [6.07, 6.45) is 0.370. The molecule has 2 rings (SSSR count). The molecule has 1 unspecified atom stereocenters. The van der Waals surface area contributed by atoms with Crippen LogP contribution in [0.2, 0.25) is 0 Å². The zero-order chi connectivity index (χ0) is 17.7. The second-order valence-electron chi connectivity index (χ2n) is 5.34. The fourth-order valence-corrected chi connectivity index (χ4v) is 3.99. The fourth-order valence-electron chi connectivity index (χ4n) is 2.32. The van der Waals surface area contributed by atoms with Gasteiger partial charge in [0.25, 0.3) is 5.91 Å². The number of sulfone groups is 1. The predicted octanol–water partition coefficient (Wildman–Crippen LogP) is 0.164. The number of methoxy groups -OCH3 is 2. The topological polar surface area (TPSA) is 108 Å². The van der Waals surface area contributed by atoms with E-state index in [1.165, 1.54) is 26.4 Å². The maximum absolute atomic E-state index is 12.0. The van der Waals surface area contributed by atoms with E-state index in [1.807, 2.05) is 0 Å². The normalized spacial score (nSPS) is 18.7. The minimum Gasteiger partial charge on any atom is -0.497 e. The van der Waals surface area contributed by atoms with Gasteiger partial charge in [-0.15, -0.1) is 0 Å². The maximum Gasteiger partial charge on any atom is 0.338 e. The highest BCUT2D eigenvalue weighted by Gasteiger charge is 2.29. The van der Waals surface area contributed by atoms with Crippen LogP contribution >= 0.6 is 0 Å².